The van der Waals surface area contributed by atoms with Crippen molar-refractivity contribution in [3.8, 4) is 11.4 Å². The van der Waals surface area contributed by atoms with E-state index in [9.17, 15) is 14.7 Å². The summed E-state index contributed by atoms with van der Waals surface area (Å²) in [4.78, 5) is 33.6. The molecule has 5 rings (SSSR count). The van der Waals surface area contributed by atoms with Crippen LogP contribution in [0.25, 0.3) is 22.3 Å². The predicted octanol–water partition coefficient (Wildman–Crippen LogP) is 4.19. The zero-order valence-corrected chi connectivity index (χ0v) is 22.2. The maximum Gasteiger partial charge on any atom is 0.262 e. The number of carbonyl (C=O) groups is 1. The fourth-order valence-electron chi connectivity index (χ4n) is 5.72. The molecule has 3 aromatic rings. The van der Waals surface area contributed by atoms with Crippen LogP contribution in [-0.4, -0.2) is 57.2 Å². The molecule has 2 heterocycles. The van der Waals surface area contributed by atoms with Crippen LogP contribution in [0.4, 0.5) is 0 Å². The van der Waals surface area contributed by atoms with Gasteiger partial charge in [0.15, 0.2) is 0 Å². The molecule has 2 aromatic carbocycles. The lowest BCUT2D eigenvalue weighted by Crippen LogP contribution is -2.43. The van der Waals surface area contributed by atoms with Crippen LogP contribution in [0.5, 0.6) is 0 Å². The third-order valence-electron chi connectivity index (χ3n) is 7.52. The van der Waals surface area contributed by atoms with Crippen LogP contribution in [0.3, 0.4) is 0 Å². The molecule has 2 aliphatic rings. The fourth-order valence-corrected chi connectivity index (χ4v) is 5.91. The summed E-state index contributed by atoms with van der Waals surface area (Å²) in [6.45, 7) is 6.55. The second kappa shape index (κ2) is 10.9. The van der Waals surface area contributed by atoms with Crippen molar-refractivity contribution in [3.63, 3.8) is 0 Å². The van der Waals surface area contributed by atoms with Gasteiger partial charge in [-0.05, 0) is 87.7 Å². The van der Waals surface area contributed by atoms with Gasteiger partial charge in [-0.2, -0.15) is 0 Å². The number of hydrogen-bond donors (Lipinski definition) is 2. The second-order valence-electron chi connectivity index (χ2n) is 10.9. The summed E-state index contributed by atoms with van der Waals surface area (Å²) in [6.07, 6.45) is 3.94. The molecule has 0 spiro atoms. The third-order valence-corrected chi connectivity index (χ3v) is 7.75. The molecule has 0 radical (unpaired) electrons. The van der Waals surface area contributed by atoms with Crippen LogP contribution < -0.4 is 10.9 Å². The molecule has 0 bridgehead atoms. The number of aliphatic hydroxyl groups excluding tert-OH is 1. The normalized spacial score (nSPS) is 22.2. The predicted molar refractivity (Wildman–Crippen MR) is 147 cm³/mol. The number of rotatable bonds is 7. The Morgan fingerprint density at radius 1 is 1.22 bits per heavy atom. The number of hydrogen-bond acceptors (Lipinski definition) is 5. The summed E-state index contributed by atoms with van der Waals surface area (Å²) in [5.74, 6) is 1.22. The monoisotopic (exact) mass is 522 g/mol. The summed E-state index contributed by atoms with van der Waals surface area (Å²) in [5, 5.41) is 13.9. The summed E-state index contributed by atoms with van der Waals surface area (Å²) >= 11 is 6.23. The number of carbonyl (C=O) groups excluding carboxylic acids is 1. The van der Waals surface area contributed by atoms with Gasteiger partial charge in [-0.25, -0.2) is 4.98 Å². The van der Waals surface area contributed by atoms with E-state index in [4.69, 9.17) is 16.6 Å². The number of likely N-dealkylation sites (tertiary alicyclic amines) is 1. The van der Waals surface area contributed by atoms with Gasteiger partial charge >= 0.3 is 0 Å². The molecule has 1 saturated heterocycles. The maximum absolute atomic E-state index is 13.7. The zero-order valence-electron chi connectivity index (χ0n) is 21.5. The van der Waals surface area contributed by atoms with E-state index in [2.05, 4.69) is 16.3 Å². The Hall–Kier alpha value is -2.74. The van der Waals surface area contributed by atoms with Gasteiger partial charge in [-0.3, -0.25) is 14.2 Å². The lowest BCUT2D eigenvalue weighted by molar-refractivity contribution is -0.122. The van der Waals surface area contributed by atoms with E-state index >= 15 is 0 Å². The Balaban J connectivity index is 1.42. The molecule has 7 nitrogen and oxygen atoms in total. The van der Waals surface area contributed by atoms with Gasteiger partial charge in [-0.15, -0.1) is 0 Å². The Bertz CT molecular complexity index is 1350. The van der Waals surface area contributed by atoms with Crippen LogP contribution in [0, 0.1) is 5.92 Å². The SMILES string of the molecule is CC(C)NC(=O)Cn1c(-c2cccc(Cl)c2)nc2ccc([C@H]3C[C@@H](CN4CCC[C@@H](O)C4)C3)cc2c1=O. The van der Waals surface area contributed by atoms with Crippen molar-refractivity contribution in [1.29, 1.82) is 0 Å². The molecule has 2 N–H and O–H groups in total. The van der Waals surface area contributed by atoms with E-state index in [-0.39, 0.29) is 30.2 Å². The first-order valence-corrected chi connectivity index (χ1v) is 13.6. The Labute approximate surface area is 222 Å². The van der Waals surface area contributed by atoms with Crippen molar-refractivity contribution in [2.75, 3.05) is 19.6 Å². The van der Waals surface area contributed by atoms with E-state index in [1.807, 2.05) is 38.1 Å². The summed E-state index contributed by atoms with van der Waals surface area (Å²) < 4.78 is 1.46. The number of aliphatic hydroxyl groups is 1. The molecule has 8 heteroatoms. The van der Waals surface area contributed by atoms with Gasteiger partial charge in [0.25, 0.3) is 5.56 Å². The third kappa shape index (κ3) is 5.89. The van der Waals surface area contributed by atoms with Gasteiger partial charge in [0.2, 0.25) is 5.91 Å². The van der Waals surface area contributed by atoms with Gasteiger partial charge in [0, 0.05) is 29.7 Å². The first-order chi connectivity index (χ1) is 17.8. The molecule has 37 heavy (non-hydrogen) atoms. The largest absolute Gasteiger partial charge is 0.392 e. The van der Waals surface area contributed by atoms with Crippen LogP contribution >= 0.6 is 11.6 Å². The highest BCUT2D eigenvalue weighted by Crippen LogP contribution is 2.42. The molecule has 1 amide bonds. The molecule has 196 valence electrons. The second-order valence-corrected chi connectivity index (χ2v) is 11.4. The van der Waals surface area contributed by atoms with Gasteiger partial charge in [0.05, 0.1) is 17.0 Å². The number of benzene rings is 2. The van der Waals surface area contributed by atoms with Crippen molar-refractivity contribution < 1.29 is 9.90 Å². The number of fused-ring (bicyclic) bond motifs is 1. The molecule has 1 saturated carbocycles. The number of nitrogens with zero attached hydrogens (tertiary/aromatic N) is 3. The number of piperidine rings is 1. The molecular formula is C29H35ClN4O3. The van der Waals surface area contributed by atoms with E-state index in [1.54, 1.807) is 12.1 Å². The minimum atomic E-state index is -0.234. The Morgan fingerprint density at radius 2 is 2.03 bits per heavy atom. The van der Waals surface area contributed by atoms with Crippen LogP contribution in [0.1, 0.15) is 51.0 Å². The smallest absolute Gasteiger partial charge is 0.262 e. The minimum absolute atomic E-state index is 0.0300. The van der Waals surface area contributed by atoms with Crippen molar-refractivity contribution in [2.24, 2.45) is 5.92 Å². The fraction of sp³-hybridized carbons (Fsp3) is 0.483. The quantitative estimate of drug-likeness (QED) is 0.486. The summed E-state index contributed by atoms with van der Waals surface area (Å²) in [6, 6.07) is 13.1. The number of halogens is 1. The highest BCUT2D eigenvalue weighted by atomic mass is 35.5. The molecule has 1 aliphatic heterocycles. The maximum atomic E-state index is 13.7. The summed E-state index contributed by atoms with van der Waals surface area (Å²) in [5.41, 5.74) is 2.23. The number of aromatic nitrogens is 2. The molecule has 2 fully saturated rings. The van der Waals surface area contributed by atoms with E-state index in [0.29, 0.717) is 39.1 Å². The summed E-state index contributed by atoms with van der Waals surface area (Å²) in [7, 11) is 0. The Kier molecular flexibility index (Phi) is 7.65. The van der Waals surface area contributed by atoms with Gasteiger partial charge in [-0.1, -0.05) is 29.8 Å². The molecule has 1 aromatic heterocycles. The van der Waals surface area contributed by atoms with Crippen LogP contribution in [0.15, 0.2) is 47.3 Å². The first-order valence-electron chi connectivity index (χ1n) is 13.3. The number of β-amino-alcohol motifs (C(OH)–C–C–N with tert-alkyl or cyclic N) is 1. The zero-order chi connectivity index (χ0) is 26.1. The standard InChI is InChI=1S/C29H35ClN4O3/c1-18(2)31-27(36)17-34-28(21-5-3-6-23(30)13-21)32-26-9-8-20(14-25(26)29(34)37)22-11-19(12-22)15-33-10-4-7-24(35)16-33/h3,5-6,8-9,13-14,18-19,22,24,35H,4,7,10-12,15-17H2,1-2H3,(H,31,36)/t19-,22+,24-/m1/s1. The minimum Gasteiger partial charge on any atom is -0.392 e. The topological polar surface area (TPSA) is 87.5 Å². The van der Waals surface area contributed by atoms with Gasteiger partial charge < -0.3 is 15.3 Å². The van der Waals surface area contributed by atoms with E-state index in [1.165, 1.54) is 4.57 Å². The van der Waals surface area contributed by atoms with Gasteiger partial charge in [0.1, 0.15) is 12.4 Å². The highest BCUT2D eigenvalue weighted by Gasteiger charge is 2.33. The number of nitrogens with one attached hydrogen (secondary N) is 1. The van der Waals surface area contributed by atoms with Crippen molar-refractivity contribution in [2.45, 2.75) is 64.1 Å². The molecule has 1 aliphatic carbocycles. The lowest BCUT2D eigenvalue weighted by Gasteiger charge is -2.40. The first kappa shape index (κ1) is 25.9. The van der Waals surface area contributed by atoms with Crippen molar-refractivity contribution in [3.05, 3.63) is 63.4 Å². The van der Waals surface area contributed by atoms with Crippen molar-refractivity contribution >= 4 is 28.4 Å². The average molecular weight is 523 g/mol. The number of amides is 1. The lowest BCUT2D eigenvalue weighted by atomic mass is 9.71. The van der Waals surface area contributed by atoms with Crippen molar-refractivity contribution in [1.82, 2.24) is 19.8 Å². The molecular weight excluding hydrogens is 488 g/mol. The van der Waals surface area contributed by atoms with E-state index < -0.39 is 0 Å². The Morgan fingerprint density at radius 3 is 2.76 bits per heavy atom. The molecule has 1 atom stereocenters. The highest BCUT2D eigenvalue weighted by molar-refractivity contribution is 6.30. The van der Waals surface area contributed by atoms with Crippen LogP contribution in [-0.2, 0) is 11.3 Å². The molecule has 0 unspecified atom stereocenters. The van der Waals surface area contributed by atoms with Crippen LogP contribution in [0.2, 0.25) is 5.02 Å². The average Bonchev–Trinajstić information content (AvgIpc) is 2.82. The van der Waals surface area contributed by atoms with E-state index in [0.717, 1.165) is 50.9 Å².